The summed E-state index contributed by atoms with van der Waals surface area (Å²) in [4.78, 5) is 20.9. The van der Waals surface area contributed by atoms with E-state index in [1.165, 1.54) is 0 Å². The maximum atomic E-state index is 12.1. The van der Waals surface area contributed by atoms with Gasteiger partial charge in [-0.2, -0.15) is 0 Å². The summed E-state index contributed by atoms with van der Waals surface area (Å²) in [7, 11) is 0. The van der Waals surface area contributed by atoms with E-state index in [0.29, 0.717) is 11.7 Å². The van der Waals surface area contributed by atoms with Crippen molar-refractivity contribution in [3.05, 3.63) is 16.5 Å². The first kappa shape index (κ1) is 15.2. The van der Waals surface area contributed by atoms with Crippen molar-refractivity contribution in [2.24, 2.45) is 0 Å². The third kappa shape index (κ3) is 4.44. The Morgan fingerprint density at radius 2 is 2.05 bits per heavy atom. The highest BCUT2D eigenvalue weighted by Crippen LogP contribution is 2.38. The lowest BCUT2D eigenvalue weighted by atomic mass is 10.1. The van der Waals surface area contributed by atoms with Crippen LogP contribution in [0.5, 0.6) is 0 Å². The Morgan fingerprint density at radius 1 is 1.40 bits per heavy atom. The molecule has 1 aromatic heterocycles. The monoisotopic (exact) mass is 340 g/mol. The molecule has 1 aliphatic rings. The van der Waals surface area contributed by atoms with E-state index < -0.39 is 0 Å². The van der Waals surface area contributed by atoms with Crippen LogP contribution in [0.1, 0.15) is 52.3 Å². The van der Waals surface area contributed by atoms with Crippen LogP contribution < -0.4 is 10.6 Å². The molecule has 0 bridgehead atoms. The summed E-state index contributed by atoms with van der Waals surface area (Å²) in [6, 6.07) is 1.45. The van der Waals surface area contributed by atoms with Crippen molar-refractivity contribution >= 4 is 27.7 Å². The van der Waals surface area contributed by atoms with Gasteiger partial charge < -0.3 is 10.6 Å². The average molecular weight is 341 g/mol. The second-order valence-electron chi connectivity index (χ2n) is 6.31. The molecule has 6 heteroatoms. The van der Waals surface area contributed by atoms with E-state index in [0.717, 1.165) is 23.3 Å². The van der Waals surface area contributed by atoms with Crippen LogP contribution in [0, 0.1) is 0 Å². The molecule has 2 N–H and O–H groups in total. The summed E-state index contributed by atoms with van der Waals surface area (Å²) in [5, 5.41) is 6.08. The number of carbonyl (C=O) groups is 1. The third-order valence-electron chi connectivity index (χ3n) is 2.91. The van der Waals surface area contributed by atoms with Gasteiger partial charge >= 0.3 is 0 Å². The minimum absolute atomic E-state index is 0.0415. The van der Waals surface area contributed by atoms with Gasteiger partial charge in [0.25, 0.3) is 0 Å². The Morgan fingerprint density at radius 3 is 2.60 bits per heavy atom. The highest BCUT2D eigenvalue weighted by Gasteiger charge is 2.27. The molecular weight excluding hydrogens is 320 g/mol. The lowest BCUT2D eigenvalue weighted by Crippen LogP contribution is -2.47. The highest BCUT2D eigenvalue weighted by molar-refractivity contribution is 9.10. The van der Waals surface area contributed by atoms with Gasteiger partial charge in [-0.05, 0) is 56.5 Å². The average Bonchev–Trinajstić information content (AvgIpc) is 3.09. The zero-order valence-corrected chi connectivity index (χ0v) is 13.9. The molecule has 1 aliphatic carbocycles. The van der Waals surface area contributed by atoms with Crippen LogP contribution in [-0.2, 0) is 4.79 Å². The molecule has 1 heterocycles. The molecule has 5 nitrogen and oxygen atoms in total. The van der Waals surface area contributed by atoms with Gasteiger partial charge in [-0.25, -0.2) is 9.97 Å². The molecule has 110 valence electrons. The lowest BCUT2D eigenvalue weighted by molar-refractivity contribution is -0.122. The van der Waals surface area contributed by atoms with Crippen molar-refractivity contribution in [3.63, 3.8) is 0 Å². The van der Waals surface area contributed by atoms with Crippen LogP contribution in [0.25, 0.3) is 0 Å². The quantitative estimate of drug-likeness (QED) is 0.827. The number of halogens is 1. The van der Waals surface area contributed by atoms with Crippen LogP contribution in [0.4, 0.5) is 5.82 Å². The minimum Gasteiger partial charge on any atom is -0.358 e. The van der Waals surface area contributed by atoms with Crippen molar-refractivity contribution in [1.82, 2.24) is 15.3 Å². The molecule has 0 aliphatic heterocycles. The fourth-order valence-corrected chi connectivity index (χ4v) is 2.20. The summed E-state index contributed by atoms with van der Waals surface area (Å²) < 4.78 is 0.750. The first-order valence-electron chi connectivity index (χ1n) is 6.87. The predicted octanol–water partition coefficient (Wildman–Crippen LogP) is 2.83. The van der Waals surface area contributed by atoms with Crippen molar-refractivity contribution in [3.8, 4) is 0 Å². The molecule has 1 amide bonds. The lowest BCUT2D eigenvalue weighted by Gasteiger charge is -2.24. The number of hydrogen-bond acceptors (Lipinski definition) is 4. The molecule has 0 aromatic carbocycles. The maximum Gasteiger partial charge on any atom is 0.242 e. The van der Waals surface area contributed by atoms with E-state index in [1.807, 2.05) is 27.7 Å². The molecule has 0 radical (unpaired) electrons. The molecule has 1 unspecified atom stereocenters. The van der Waals surface area contributed by atoms with Gasteiger partial charge in [0.1, 0.15) is 22.3 Å². The van der Waals surface area contributed by atoms with Gasteiger partial charge in [0.15, 0.2) is 0 Å². The Bertz CT molecular complexity index is 508. The molecule has 1 saturated carbocycles. The molecule has 1 aromatic rings. The topological polar surface area (TPSA) is 66.9 Å². The van der Waals surface area contributed by atoms with E-state index in [2.05, 4.69) is 36.5 Å². The molecule has 2 rings (SSSR count). The number of carbonyl (C=O) groups excluding carboxylic acids is 1. The number of rotatable bonds is 4. The summed E-state index contributed by atoms with van der Waals surface area (Å²) in [5.74, 6) is 1.97. The Labute approximate surface area is 128 Å². The van der Waals surface area contributed by atoms with Crippen molar-refractivity contribution < 1.29 is 4.79 Å². The molecule has 0 saturated heterocycles. The maximum absolute atomic E-state index is 12.1. The van der Waals surface area contributed by atoms with Crippen LogP contribution in [0.15, 0.2) is 10.7 Å². The largest absolute Gasteiger partial charge is 0.358 e. The fourth-order valence-electron chi connectivity index (χ4n) is 1.80. The second-order valence-corrected chi connectivity index (χ2v) is 7.13. The number of hydrogen-bond donors (Lipinski definition) is 2. The number of aromatic nitrogens is 2. The highest BCUT2D eigenvalue weighted by atomic mass is 79.9. The summed E-state index contributed by atoms with van der Waals surface area (Å²) in [6.07, 6.45) is 2.30. The number of nitrogens with one attached hydrogen (secondary N) is 2. The SMILES string of the molecule is CC(Nc1cc(Br)nc(C2CC2)n1)C(=O)NC(C)(C)C. The number of nitrogens with zero attached hydrogens (tertiary/aromatic N) is 2. The van der Waals surface area contributed by atoms with E-state index >= 15 is 0 Å². The fraction of sp³-hybridized carbons (Fsp3) is 0.643. The molecule has 20 heavy (non-hydrogen) atoms. The van der Waals surface area contributed by atoms with Crippen molar-refractivity contribution in [2.75, 3.05) is 5.32 Å². The van der Waals surface area contributed by atoms with Gasteiger partial charge in [0, 0.05) is 17.5 Å². The van der Waals surface area contributed by atoms with E-state index in [9.17, 15) is 4.79 Å². The predicted molar refractivity (Wildman–Crippen MR) is 82.7 cm³/mol. The Hall–Kier alpha value is -1.17. The first-order chi connectivity index (χ1) is 9.24. The van der Waals surface area contributed by atoms with Crippen molar-refractivity contribution in [2.45, 2.75) is 58.0 Å². The van der Waals surface area contributed by atoms with Gasteiger partial charge in [-0.1, -0.05) is 0 Å². The van der Waals surface area contributed by atoms with Gasteiger partial charge in [-0.15, -0.1) is 0 Å². The Kier molecular flexibility index (Phi) is 4.32. The normalized spacial score (nSPS) is 16.6. The molecule has 1 fully saturated rings. The number of amides is 1. The second kappa shape index (κ2) is 5.68. The summed E-state index contributed by atoms with van der Waals surface area (Å²) >= 11 is 3.39. The van der Waals surface area contributed by atoms with Gasteiger partial charge in [0.05, 0.1) is 0 Å². The van der Waals surface area contributed by atoms with E-state index in [-0.39, 0.29) is 17.5 Å². The standard InChI is InChI=1S/C14H21BrN4O/c1-8(13(20)19-14(2,3)4)16-11-7-10(15)17-12(18-11)9-5-6-9/h7-9H,5-6H2,1-4H3,(H,19,20)(H,16,17,18). The smallest absolute Gasteiger partial charge is 0.242 e. The van der Waals surface area contributed by atoms with E-state index in [1.54, 1.807) is 6.07 Å². The van der Waals surface area contributed by atoms with E-state index in [4.69, 9.17) is 0 Å². The summed E-state index contributed by atoms with van der Waals surface area (Å²) in [5.41, 5.74) is -0.238. The van der Waals surface area contributed by atoms with Gasteiger partial charge in [-0.3, -0.25) is 4.79 Å². The summed E-state index contributed by atoms with van der Waals surface area (Å²) in [6.45, 7) is 7.71. The third-order valence-corrected chi connectivity index (χ3v) is 3.32. The number of anilines is 1. The molecular formula is C14H21BrN4O. The first-order valence-corrected chi connectivity index (χ1v) is 7.67. The molecule has 0 spiro atoms. The minimum atomic E-state index is -0.344. The van der Waals surface area contributed by atoms with Crippen molar-refractivity contribution in [1.29, 1.82) is 0 Å². The van der Waals surface area contributed by atoms with Crippen LogP contribution in [0.3, 0.4) is 0 Å². The van der Waals surface area contributed by atoms with Crippen LogP contribution in [-0.4, -0.2) is 27.5 Å². The zero-order chi connectivity index (χ0) is 14.9. The molecule has 1 atom stereocenters. The van der Waals surface area contributed by atoms with Crippen LogP contribution in [0.2, 0.25) is 0 Å². The Balaban J connectivity index is 2.03. The van der Waals surface area contributed by atoms with Crippen LogP contribution >= 0.6 is 15.9 Å². The van der Waals surface area contributed by atoms with Gasteiger partial charge in [0.2, 0.25) is 5.91 Å². The zero-order valence-electron chi connectivity index (χ0n) is 12.3.